The van der Waals surface area contributed by atoms with E-state index in [2.05, 4.69) is 14.8 Å². The van der Waals surface area contributed by atoms with Gasteiger partial charge in [0.1, 0.15) is 5.75 Å². The normalized spacial score (nSPS) is 13.0. The van der Waals surface area contributed by atoms with Crippen LogP contribution < -0.4 is 4.74 Å². The van der Waals surface area contributed by atoms with Gasteiger partial charge in [-0.2, -0.15) is 0 Å². The Balaban J connectivity index is 1.64. The summed E-state index contributed by atoms with van der Waals surface area (Å²) >= 11 is 1.49. The molecule has 0 saturated carbocycles. The van der Waals surface area contributed by atoms with Gasteiger partial charge in [-0.1, -0.05) is 36.0 Å². The zero-order valence-corrected chi connectivity index (χ0v) is 16.9. The fraction of sp³-hybridized carbons (Fsp3) is 0.300. The maximum absolute atomic E-state index is 11.3. The van der Waals surface area contributed by atoms with Crippen LogP contribution in [-0.4, -0.2) is 26.5 Å². The van der Waals surface area contributed by atoms with Crippen molar-refractivity contribution in [2.75, 3.05) is 6.79 Å². The maximum Gasteiger partial charge on any atom is 0.270 e. The van der Waals surface area contributed by atoms with Gasteiger partial charge in [0.25, 0.3) is 5.69 Å². The van der Waals surface area contributed by atoms with Gasteiger partial charge in [-0.25, -0.2) is 0 Å². The van der Waals surface area contributed by atoms with Crippen molar-refractivity contribution >= 4 is 17.4 Å². The minimum Gasteiger partial charge on any atom is -0.467 e. The molecule has 0 saturated heterocycles. The predicted octanol–water partition coefficient (Wildman–Crippen LogP) is 4.34. The third-order valence-corrected chi connectivity index (χ3v) is 5.77. The maximum atomic E-state index is 11.3. The molecule has 9 heteroatoms. The van der Waals surface area contributed by atoms with Gasteiger partial charge in [0, 0.05) is 41.1 Å². The molecule has 8 nitrogen and oxygen atoms in total. The number of nitro benzene ring substituents is 1. The Hall–Kier alpha value is -2.91. The highest BCUT2D eigenvalue weighted by Crippen LogP contribution is 2.36. The Bertz CT molecular complexity index is 1070. The van der Waals surface area contributed by atoms with E-state index in [1.807, 2.05) is 38.1 Å². The SMILES string of the molecule is CCn1c(SCc2cc([N+](=O)[O-])cc3c2OCOC3)nnc1-c1ccccc1C. The zero-order chi connectivity index (χ0) is 20.4. The second kappa shape index (κ2) is 8.22. The molecule has 1 aliphatic rings. The molecule has 0 atom stereocenters. The van der Waals surface area contributed by atoms with Crippen molar-refractivity contribution in [3.8, 4) is 17.1 Å². The first-order chi connectivity index (χ1) is 14.1. The van der Waals surface area contributed by atoms with Crippen LogP contribution in [0.2, 0.25) is 0 Å². The molecule has 0 bridgehead atoms. The predicted molar refractivity (Wildman–Crippen MR) is 109 cm³/mol. The highest BCUT2D eigenvalue weighted by Gasteiger charge is 2.22. The summed E-state index contributed by atoms with van der Waals surface area (Å²) in [7, 11) is 0. The molecule has 150 valence electrons. The molecular formula is C20H20N4O4S. The van der Waals surface area contributed by atoms with Crippen molar-refractivity contribution in [1.82, 2.24) is 14.8 Å². The van der Waals surface area contributed by atoms with E-state index in [0.29, 0.717) is 23.7 Å². The number of aromatic nitrogens is 3. The van der Waals surface area contributed by atoms with E-state index in [-0.39, 0.29) is 12.5 Å². The lowest BCUT2D eigenvalue weighted by molar-refractivity contribution is -0.385. The van der Waals surface area contributed by atoms with Gasteiger partial charge in [-0.3, -0.25) is 10.1 Å². The molecule has 0 fully saturated rings. The molecule has 2 heterocycles. The molecule has 2 aromatic carbocycles. The van der Waals surface area contributed by atoms with Crippen LogP contribution in [0.3, 0.4) is 0 Å². The van der Waals surface area contributed by atoms with E-state index in [0.717, 1.165) is 34.2 Å². The van der Waals surface area contributed by atoms with Crippen molar-refractivity contribution in [3.05, 3.63) is 63.2 Å². The Morgan fingerprint density at radius 3 is 2.86 bits per heavy atom. The van der Waals surface area contributed by atoms with Crippen molar-refractivity contribution in [1.29, 1.82) is 0 Å². The molecule has 0 aliphatic carbocycles. The second-order valence-corrected chi connectivity index (χ2v) is 7.56. The summed E-state index contributed by atoms with van der Waals surface area (Å²) < 4.78 is 13.0. The number of nitro groups is 1. The van der Waals surface area contributed by atoms with Gasteiger partial charge in [-0.15, -0.1) is 10.2 Å². The first-order valence-corrected chi connectivity index (χ1v) is 10.2. The number of nitrogens with zero attached hydrogens (tertiary/aromatic N) is 4. The molecule has 0 N–H and O–H groups in total. The fourth-order valence-electron chi connectivity index (χ4n) is 3.34. The number of non-ortho nitro benzene ring substituents is 1. The minimum absolute atomic E-state index is 0.0333. The lowest BCUT2D eigenvalue weighted by Gasteiger charge is -2.20. The van der Waals surface area contributed by atoms with Crippen molar-refractivity contribution in [2.45, 2.75) is 37.9 Å². The van der Waals surface area contributed by atoms with Crippen molar-refractivity contribution < 1.29 is 14.4 Å². The number of rotatable bonds is 6. The van der Waals surface area contributed by atoms with Crippen LogP contribution in [0.5, 0.6) is 5.75 Å². The number of ether oxygens (including phenoxy) is 2. The number of hydrogen-bond acceptors (Lipinski definition) is 7. The fourth-order valence-corrected chi connectivity index (χ4v) is 4.31. The van der Waals surface area contributed by atoms with Gasteiger partial charge in [0.2, 0.25) is 0 Å². The van der Waals surface area contributed by atoms with Crippen LogP contribution in [0, 0.1) is 17.0 Å². The summed E-state index contributed by atoms with van der Waals surface area (Å²) in [6.07, 6.45) is 0. The highest BCUT2D eigenvalue weighted by atomic mass is 32.2. The van der Waals surface area contributed by atoms with Crippen LogP contribution in [0.25, 0.3) is 11.4 Å². The highest BCUT2D eigenvalue weighted by molar-refractivity contribution is 7.98. The first-order valence-electron chi connectivity index (χ1n) is 9.21. The van der Waals surface area contributed by atoms with Crippen molar-refractivity contribution in [2.24, 2.45) is 0 Å². The molecule has 1 aliphatic heterocycles. The molecule has 3 aromatic rings. The minimum atomic E-state index is -0.395. The number of benzene rings is 2. The Morgan fingerprint density at radius 1 is 1.28 bits per heavy atom. The summed E-state index contributed by atoms with van der Waals surface area (Å²) in [6.45, 7) is 5.26. The molecule has 0 radical (unpaired) electrons. The van der Waals surface area contributed by atoms with Crippen LogP contribution in [0.4, 0.5) is 5.69 Å². The molecular weight excluding hydrogens is 392 g/mol. The number of aryl methyl sites for hydroxylation is 1. The summed E-state index contributed by atoms with van der Waals surface area (Å²) in [6, 6.07) is 11.1. The molecule has 29 heavy (non-hydrogen) atoms. The van der Waals surface area contributed by atoms with Crippen LogP contribution in [0.15, 0.2) is 41.6 Å². The van der Waals surface area contributed by atoms with E-state index in [1.54, 1.807) is 6.07 Å². The average Bonchev–Trinajstić information content (AvgIpc) is 3.14. The van der Waals surface area contributed by atoms with E-state index < -0.39 is 4.92 Å². The topological polar surface area (TPSA) is 92.3 Å². The quantitative estimate of drug-likeness (QED) is 0.338. The second-order valence-electron chi connectivity index (χ2n) is 6.61. The van der Waals surface area contributed by atoms with Crippen LogP contribution in [-0.2, 0) is 23.6 Å². The number of hydrogen-bond donors (Lipinski definition) is 0. The zero-order valence-electron chi connectivity index (χ0n) is 16.1. The van der Waals surface area contributed by atoms with Crippen LogP contribution >= 0.6 is 11.8 Å². The third-order valence-electron chi connectivity index (χ3n) is 4.76. The van der Waals surface area contributed by atoms with E-state index in [9.17, 15) is 10.1 Å². The standard InChI is InChI=1S/C20H20N4O4S/c1-3-23-19(17-7-5-4-6-13(17)2)21-22-20(23)29-11-15-9-16(24(25)26)8-14-10-27-12-28-18(14)15/h4-9H,3,10-12H2,1-2H3. The summed E-state index contributed by atoms with van der Waals surface area (Å²) in [5.41, 5.74) is 3.66. The first kappa shape index (κ1) is 19.4. The number of fused-ring (bicyclic) bond motifs is 1. The molecule has 1 aromatic heterocycles. The summed E-state index contributed by atoms with van der Waals surface area (Å²) in [5, 5.41) is 20.8. The lowest BCUT2D eigenvalue weighted by Crippen LogP contribution is -2.13. The lowest BCUT2D eigenvalue weighted by atomic mass is 10.1. The van der Waals surface area contributed by atoms with Gasteiger partial charge in [0.05, 0.1) is 11.5 Å². The van der Waals surface area contributed by atoms with Gasteiger partial charge < -0.3 is 14.0 Å². The number of thioether (sulfide) groups is 1. The van der Waals surface area contributed by atoms with Crippen LogP contribution in [0.1, 0.15) is 23.6 Å². The smallest absolute Gasteiger partial charge is 0.270 e. The summed E-state index contributed by atoms with van der Waals surface area (Å²) in [4.78, 5) is 10.9. The molecule has 4 rings (SSSR count). The largest absolute Gasteiger partial charge is 0.467 e. The van der Waals surface area contributed by atoms with E-state index >= 15 is 0 Å². The summed E-state index contributed by atoms with van der Waals surface area (Å²) in [5.74, 6) is 1.96. The Morgan fingerprint density at radius 2 is 2.10 bits per heavy atom. The van der Waals surface area contributed by atoms with Gasteiger partial charge in [0.15, 0.2) is 17.8 Å². The monoisotopic (exact) mass is 412 g/mol. The average molecular weight is 412 g/mol. The third kappa shape index (κ3) is 3.83. The molecule has 0 amide bonds. The molecule has 0 unspecified atom stereocenters. The Labute approximate surface area is 172 Å². The van der Waals surface area contributed by atoms with Gasteiger partial charge in [-0.05, 0) is 19.4 Å². The molecule has 0 spiro atoms. The van der Waals surface area contributed by atoms with E-state index in [1.165, 1.54) is 17.8 Å². The van der Waals surface area contributed by atoms with E-state index in [4.69, 9.17) is 9.47 Å². The van der Waals surface area contributed by atoms with Gasteiger partial charge >= 0.3 is 0 Å². The Kier molecular flexibility index (Phi) is 5.50. The van der Waals surface area contributed by atoms with Crippen molar-refractivity contribution in [3.63, 3.8) is 0 Å².